The third kappa shape index (κ3) is 2.19. The van der Waals surface area contributed by atoms with Crippen molar-refractivity contribution < 1.29 is 14.0 Å². The van der Waals surface area contributed by atoms with Crippen molar-refractivity contribution in [2.24, 2.45) is 0 Å². The molecule has 1 heterocycles. The minimum absolute atomic E-state index is 0.149. The molecule has 8 heteroatoms. The van der Waals surface area contributed by atoms with Gasteiger partial charge in [-0.25, -0.2) is 4.57 Å². The van der Waals surface area contributed by atoms with E-state index in [1.54, 1.807) is 36.4 Å². The Morgan fingerprint density at radius 2 is 1.80 bits per heavy atom. The van der Waals surface area contributed by atoms with Crippen LogP contribution in [0.1, 0.15) is 0 Å². The van der Waals surface area contributed by atoms with Gasteiger partial charge >= 0.3 is 7.67 Å². The van der Waals surface area contributed by atoms with Crippen LogP contribution in [0.2, 0.25) is 0 Å². The van der Waals surface area contributed by atoms with E-state index in [1.807, 2.05) is 0 Å². The van der Waals surface area contributed by atoms with Crippen molar-refractivity contribution in [3.8, 4) is 5.75 Å². The number of para-hydroxylation sites is 2. The number of nitrogens with one attached hydrogen (secondary N) is 2. The normalized spacial score (nSPS) is 19.6. The molecule has 7 nitrogen and oxygen atoms in total. The Hall–Kier alpha value is -2.53. The molecule has 1 aliphatic heterocycles. The summed E-state index contributed by atoms with van der Waals surface area (Å²) in [6.07, 6.45) is 0. The summed E-state index contributed by atoms with van der Waals surface area (Å²) in [7, 11) is -3.44. The predicted octanol–water partition coefficient (Wildman–Crippen LogP) is 3.62. The highest BCUT2D eigenvalue weighted by molar-refractivity contribution is 7.63. The van der Waals surface area contributed by atoms with Crippen LogP contribution >= 0.6 is 7.67 Å². The predicted molar refractivity (Wildman–Crippen MR) is 75.0 cm³/mol. The van der Waals surface area contributed by atoms with E-state index < -0.39 is 12.6 Å². The van der Waals surface area contributed by atoms with Crippen LogP contribution in [-0.2, 0) is 4.57 Å². The number of hydrogen-bond acceptors (Lipinski definition) is 4. The van der Waals surface area contributed by atoms with Crippen LogP contribution in [0.5, 0.6) is 5.75 Å². The standard InChI is InChI=1S/C12H10N3O4P/c16-15(17)11-8-4-7-10-12(11)14-20(18,13-10)19-9-5-2-1-3-6-9/h1-8H,(H2,13,14,18). The maximum absolute atomic E-state index is 12.5. The van der Waals surface area contributed by atoms with Crippen LogP contribution in [0.25, 0.3) is 0 Å². The summed E-state index contributed by atoms with van der Waals surface area (Å²) < 4.78 is 17.9. The molecule has 0 saturated heterocycles. The van der Waals surface area contributed by atoms with Crippen LogP contribution in [0, 0.1) is 10.1 Å². The fraction of sp³-hybridized carbons (Fsp3) is 0. The summed E-state index contributed by atoms with van der Waals surface area (Å²) in [5, 5.41) is 16.2. The quantitative estimate of drug-likeness (QED) is 0.509. The molecule has 102 valence electrons. The summed E-state index contributed by atoms with van der Waals surface area (Å²) in [6, 6.07) is 13.1. The molecule has 0 saturated carbocycles. The SMILES string of the molecule is O=[N+]([O-])c1cccc2c1NP(=O)(Oc1ccccc1)N2. The second kappa shape index (κ2) is 4.54. The summed E-state index contributed by atoms with van der Waals surface area (Å²) in [5.41, 5.74) is 0.416. The fourth-order valence-corrected chi connectivity index (χ4v) is 3.51. The molecule has 0 aliphatic carbocycles. The van der Waals surface area contributed by atoms with Gasteiger partial charge in [0.05, 0.1) is 10.6 Å². The van der Waals surface area contributed by atoms with Gasteiger partial charge < -0.3 is 4.52 Å². The van der Waals surface area contributed by atoms with Crippen LogP contribution in [0.15, 0.2) is 48.5 Å². The minimum Gasteiger partial charge on any atom is -0.414 e. The zero-order valence-electron chi connectivity index (χ0n) is 10.1. The second-order valence-electron chi connectivity index (χ2n) is 4.14. The van der Waals surface area contributed by atoms with Crippen molar-refractivity contribution in [1.82, 2.24) is 0 Å². The maximum Gasteiger partial charge on any atom is 0.444 e. The van der Waals surface area contributed by atoms with Crippen molar-refractivity contribution in [3.05, 3.63) is 58.6 Å². The molecule has 1 unspecified atom stereocenters. The van der Waals surface area contributed by atoms with E-state index in [9.17, 15) is 14.7 Å². The molecule has 0 fully saturated rings. The number of nitrogens with zero attached hydrogens (tertiary/aromatic N) is 1. The number of nitro groups is 1. The van der Waals surface area contributed by atoms with Crippen molar-refractivity contribution in [2.75, 3.05) is 10.2 Å². The van der Waals surface area contributed by atoms with Gasteiger partial charge in [-0.15, -0.1) is 0 Å². The van der Waals surface area contributed by atoms with E-state index in [4.69, 9.17) is 4.52 Å². The van der Waals surface area contributed by atoms with Gasteiger partial charge in [0, 0.05) is 6.07 Å². The van der Waals surface area contributed by atoms with Crippen LogP contribution < -0.4 is 14.7 Å². The number of anilines is 2. The van der Waals surface area contributed by atoms with Gasteiger partial charge in [-0.2, -0.15) is 0 Å². The number of hydrogen-bond donors (Lipinski definition) is 2. The summed E-state index contributed by atoms with van der Waals surface area (Å²) in [5.74, 6) is 0.409. The molecular formula is C12H10N3O4P. The number of nitro benzene ring substituents is 1. The average Bonchev–Trinajstić information content (AvgIpc) is 2.74. The Bertz CT molecular complexity index is 720. The molecule has 0 spiro atoms. The highest BCUT2D eigenvalue weighted by Crippen LogP contribution is 2.56. The molecule has 2 aromatic carbocycles. The van der Waals surface area contributed by atoms with E-state index in [0.717, 1.165) is 0 Å². The van der Waals surface area contributed by atoms with Crippen molar-refractivity contribution in [3.63, 3.8) is 0 Å². The molecule has 0 aromatic heterocycles. The van der Waals surface area contributed by atoms with Gasteiger partial charge in [0.1, 0.15) is 11.4 Å². The van der Waals surface area contributed by atoms with Crippen LogP contribution in [0.4, 0.5) is 17.1 Å². The lowest BCUT2D eigenvalue weighted by Crippen LogP contribution is -2.04. The lowest BCUT2D eigenvalue weighted by molar-refractivity contribution is -0.383. The first-order valence-electron chi connectivity index (χ1n) is 5.76. The Labute approximate surface area is 114 Å². The Balaban J connectivity index is 1.92. The molecule has 2 N–H and O–H groups in total. The molecule has 0 bridgehead atoms. The topological polar surface area (TPSA) is 93.5 Å². The Morgan fingerprint density at radius 1 is 1.05 bits per heavy atom. The van der Waals surface area contributed by atoms with Gasteiger partial charge in [-0.1, -0.05) is 24.3 Å². The highest BCUT2D eigenvalue weighted by Gasteiger charge is 2.37. The molecule has 0 amide bonds. The summed E-state index contributed by atoms with van der Waals surface area (Å²) >= 11 is 0. The van der Waals surface area contributed by atoms with Crippen molar-refractivity contribution in [2.45, 2.75) is 0 Å². The van der Waals surface area contributed by atoms with E-state index in [1.165, 1.54) is 12.1 Å². The smallest absolute Gasteiger partial charge is 0.414 e. The number of benzene rings is 2. The first-order chi connectivity index (χ1) is 9.57. The molecule has 3 rings (SSSR count). The largest absolute Gasteiger partial charge is 0.444 e. The number of fused-ring (bicyclic) bond motifs is 1. The Kier molecular flexibility index (Phi) is 2.84. The maximum atomic E-state index is 12.5. The van der Waals surface area contributed by atoms with Gasteiger partial charge in [0.25, 0.3) is 5.69 Å². The van der Waals surface area contributed by atoms with E-state index in [-0.39, 0.29) is 11.4 Å². The van der Waals surface area contributed by atoms with Gasteiger partial charge in [-0.05, 0) is 18.2 Å². The fourth-order valence-electron chi connectivity index (χ4n) is 1.91. The highest BCUT2D eigenvalue weighted by atomic mass is 31.2. The number of rotatable bonds is 3. The first kappa shape index (κ1) is 12.5. The van der Waals surface area contributed by atoms with Gasteiger partial charge in [0.15, 0.2) is 0 Å². The third-order valence-corrected chi connectivity index (χ3v) is 4.26. The third-order valence-electron chi connectivity index (χ3n) is 2.74. The van der Waals surface area contributed by atoms with E-state index >= 15 is 0 Å². The zero-order valence-corrected chi connectivity index (χ0v) is 11.0. The molecule has 20 heavy (non-hydrogen) atoms. The van der Waals surface area contributed by atoms with E-state index in [2.05, 4.69) is 10.2 Å². The lowest BCUT2D eigenvalue weighted by Gasteiger charge is -2.13. The molecule has 2 aromatic rings. The van der Waals surface area contributed by atoms with Crippen molar-refractivity contribution in [1.29, 1.82) is 0 Å². The Morgan fingerprint density at radius 3 is 2.50 bits per heavy atom. The van der Waals surface area contributed by atoms with Crippen LogP contribution in [0.3, 0.4) is 0 Å². The van der Waals surface area contributed by atoms with Gasteiger partial charge in [0.2, 0.25) is 0 Å². The van der Waals surface area contributed by atoms with Gasteiger partial charge in [-0.3, -0.25) is 20.3 Å². The molecular weight excluding hydrogens is 281 g/mol. The van der Waals surface area contributed by atoms with Crippen LogP contribution in [-0.4, -0.2) is 4.92 Å². The summed E-state index contributed by atoms with van der Waals surface area (Å²) in [4.78, 5) is 10.4. The minimum atomic E-state index is -3.44. The monoisotopic (exact) mass is 291 g/mol. The molecule has 1 atom stereocenters. The second-order valence-corrected chi connectivity index (χ2v) is 5.87. The molecule has 1 aliphatic rings. The zero-order chi connectivity index (χ0) is 14.2. The summed E-state index contributed by atoms with van der Waals surface area (Å²) in [6.45, 7) is 0. The first-order valence-corrected chi connectivity index (χ1v) is 7.38. The lowest BCUT2D eigenvalue weighted by atomic mass is 10.2. The average molecular weight is 291 g/mol. The van der Waals surface area contributed by atoms with Crippen molar-refractivity contribution >= 4 is 24.7 Å². The van der Waals surface area contributed by atoms with E-state index in [0.29, 0.717) is 11.4 Å². The molecule has 0 radical (unpaired) electrons.